The summed E-state index contributed by atoms with van der Waals surface area (Å²) in [5.74, 6) is 1.44. The van der Waals surface area contributed by atoms with Crippen LogP contribution >= 0.6 is 0 Å². The van der Waals surface area contributed by atoms with Gasteiger partial charge >= 0.3 is 0 Å². The minimum Gasteiger partial charge on any atom is -0.300 e. The largest absolute Gasteiger partial charge is 0.300 e. The van der Waals surface area contributed by atoms with Crippen molar-refractivity contribution in [2.45, 2.75) is 84.2 Å². The Morgan fingerprint density at radius 3 is 2.50 bits per heavy atom. The number of ketones is 2. The van der Waals surface area contributed by atoms with Crippen molar-refractivity contribution in [3.63, 3.8) is 0 Å². The van der Waals surface area contributed by atoms with Gasteiger partial charge in [0.1, 0.15) is 17.2 Å². The Morgan fingerprint density at radius 1 is 1.04 bits per heavy atom. The van der Waals surface area contributed by atoms with Gasteiger partial charge in [0.25, 0.3) is 0 Å². The van der Waals surface area contributed by atoms with Gasteiger partial charge in [-0.05, 0) is 75.0 Å². The highest BCUT2D eigenvalue weighted by Gasteiger charge is 2.69. The lowest BCUT2D eigenvalue weighted by Crippen LogP contribution is -2.60. The molecule has 0 aromatic heterocycles. The molecule has 0 aromatic rings. The Morgan fingerprint density at radius 2 is 1.79 bits per heavy atom. The second kappa shape index (κ2) is 5.14. The van der Waals surface area contributed by atoms with E-state index in [2.05, 4.69) is 13.8 Å². The zero-order valence-corrected chi connectivity index (χ0v) is 15.4. The second-order valence-electron chi connectivity index (χ2n) is 9.76. The van der Waals surface area contributed by atoms with E-state index >= 15 is 4.39 Å². The van der Waals surface area contributed by atoms with Crippen LogP contribution in [0.3, 0.4) is 0 Å². The normalized spacial score (nSPS) is 53.9. The van der Waals surface area contributed by atoms with Crippen LogP contribution in [0.15, 0.2) is 0 Å². The van der Waals surface area contributed by atoms with Gasteiger partial charge in [0.15, 0.2) is 0 Å². The Balaban J connectivity index is 1.69. The maximum Gasteiger partial charge on any atom is 0.133 e. The topological polar surface area (TPSA) is 34.1 Å². The number of carbonyl (C=O) groups excluding carboxylic acids is 2. The van der Waals surface area contributed by atoms with Gasteiger partial charge in [-0.3, -0.25) is 9.59 Å². The smallest absolute Gasteiger partial charge is 0.133 e. The van der Waals surface area contributed by atoms with Gasteiger partial charge in [-0.2, -0.15) is 0 Å². The molecule has 2 nitrogen and oxygen atoms in total. The molecule has 0 radical (unpaired) electrons. The van der Waals surface area contributed by atoms with Crippen molar-refractivity contribution < 1.29 is 14.0 Å². The first-order valence-electron chi connectivity index (χ1n) is 9.93. The quantitative estimate of drug-likeness (QED) is 0.684. The molecule has 3 heteroatoms. The van der Waals surface area contributed by atoms with Crippen molar-refractivity contribution in [3.05, 3.63) is 0 Å². The van der Waals surface area contributed by atoms with E-state index in [-0.39, 0.29) is 23.0 Å². The molecule has 0 aliphatic heterocycles. The van der Waals surface area contributed by atoms with E-state index in [1.807, 2.05) is 0 Å². The number of Topliss-reactive ketones (excluding diaryl/α,β-unsaturated/α-hetero) is 2. The highest BCUT2D eigenvalue weighted by atomic mass is 19.1. The van der Waals surface area contributed by atoms with Gasteiger partial charge in [-0.25, -0.2) is 4.39 Å². The molecule has 0 N–H and O–H groups in total. The fraction of sp³-hybridized carbons (Fsp3) is 0.905. The molecule has 0 heterocycles. The summed E-state index contributed by atoms with van der Waals surface area (Å²) in [6, 6.07) is 0. The predicted molar refractivity (Wildman–Crippen MR) is 91.3 cm³/mol. The van der Waals surface area contributed by atoms with E-state index in [1.54, 1.807) is 6.92 Å². The van der Waals surface area contributed by atoms with Crippen LogP contribution in [0.1, 0.15) is 78.6 Å². The minimum atomic E-state index is -1.18. The van der Waals surface area contributed by atoms with Crippen LogP contribution in [-0.4, -0.2) is 17.2 Å². The monoisotopic (exact) mass is 334 g/mol. The van der Waals surface area contributed by atoms with E-state index in [1.165, 1.54) is 0 Å². The summed E-state index contributed by atoms with van der Waals surface area (Å²) in [5, 5.41) is 0. The van der Waals surface area contributed by atoms with Gasteiger partial charge < -0.3 is 0 Å². The molecule has 4 saturated carbocycles. The van der Waals surface area contributed by atoms with E-state index in [0.717, 1.165) is 38.5 Å². The number of halogens is 1. The Labute approximate surface area is 145 Å². The molecular weight excluding hydrogens is 303 g/mol. The van der Waals surface area contributed by atoms with Gasteiger partial charge in [0.2, 0.25) is 0 Å². The molecule has 0 amide bonds. The van der Waals surface area contributed by atoms with Crippen molar-refractivity contribution >= 4 is 11.6 Å². The SMILES string of the molecule is CC(=O)[C@H]1CC[C@]2(F)[C@@H]3CC[C@@H]4CC(=O)CC[C@]4(C)[C@H]3CC[C@]12C. The molecule has 0 aromatic carbocycles. The first-order valence-corrected chi connectivity index (χ1v) is 9.93. The van der Waals surface area contributed by atoms with Crippen LogP contribution in [0.4, 0.5) is 4.39 Å². The number of hydrogen-bond donors (Lipinski definition) is 0. The minimum absolute atomic E-state index is 0.0926. The second-order valence-corrected chi connectivity index (χ2v) is 9.76. The lowest BCUT2D eigenvalue weighted by Gasteiger charge is -2.62. The summed E-state index contributed by atoms with van der Waals surface area (Å²) in [7, 11) is 0. The third kappa shape index (κ3) is 1.93. The zero-order valence-electron chi connectivity index (χ0n) is 15.4. The number of carbonyl (C=O) groups is 2. The average molecular weight is 334 g/mol. The standard InChI is InChI=1S/C21H31FO2/c1-13(23)16-8-11-21(22)18-5-4-14-12-15(24)6-9-19(14,2)17(18)7-10-20(16,21)3/h14,16-18H,4-12H2,1-3H3/t14-,16-,17+,18-,19+,20-,21+/m1/s1. The molecule has 0 spiro atoms. The molecule has 4 fully saturated rings. The summed E-state index contributed by atoms with van der Waals surface area (Å²) >= 11 is 0. The molecule has 24 heavy (non-hydrogen) atoms. The molecule has 4 aliphatic rings. The molecule has 4 aliphatic carbocycles. The summed E-state index contributed by atoms with van der Waals surface area (Å²) in [6.07, 6.45) is 7.42. The molecular formula is C21H31FO2. The van der Waals surface area contributed by atoms with Gasteiger partial charge in [0, 0.05) is 24.2 Å². The van der Waals surface area contributed by atoms with Crippen molar-refractivity contribution in [1.82, 2.24) is 0 Å². The number of rotatable bonds is 1. The molecule has 0 bridgehead atoms. The van der Waals surface area contributed by atoms with Crippen molar-refractivity contribution in [2.24, 2.45) is 34.5 Å². The summed E-state index contributed by atoms with van der Waals surface area (Å²) in [6.45, 7) is 6.05. The van der Waals surface area contributed by atoms with Crippen LogP contribution in [0.5, 0.6) is 0 Å². The Hall–Kier alpha value is -0.730. The first kappa shape index (κ1) is 16.7. The fourth-order valence-corrected chi connectivity index (χ4v) is 7.61. The Kier molecular flexibility index (Phi) is 3.58. The van der Waals surface area contributed by atoms with E-state index in [9.17, 15) is 9.59 Å². The highest BCUT2D eigenvalue weighted by molar-refractivity contribution is 5.80. The third-order valence-electron chi connectivity index (χ3n) is 9.08. The highest BCUT2D eigenvalue weighted by Crippen LogP contribution is 2.70. The maximum absolute atomic E-state index is 16.5. The maximum atomic E-state index is 16.5. The van der Waals surface area contributed by atoms with Gasteiger partial charge in [0.05, 0.1) is 0 Å². The van der Waals surface area contributed by atoms with Crippen LogP contribution < -0.4 is 0 Å². The van der Waals surface area contributed by atoms with Crippen LogP contribution in [-0.2, 0) is 9.59 Å². The summed E-state index contributed by atoms with van der Waals surface area (Å²) in [5.41, 5.74) is -1.51. The van der Waals surface area contributed by atoms with Gasteiger partial charge in [-0.1, -0.05) is 13.8 Å². The number of hydrogen-bond acceptors (Lipinski definition) is 2. The van der Waals surface area contributed by atoms with E-state index in [0.29, 0.717) is 36.9 Å². The van der Waals surface area contributed by atoms with Crippen molar-refractivity contribution in [3.8, 4) is 0 Å². The first-order chi connectivity index (χ1) is 11.2. The number of alkyl halides is 1. The lowest BCUT2D eigenvalue weighted by molar-refractivity contribution is -0.174. The predicted octanol–water partition coefficient (Wildman–Crippen LogP) is 4.90. The third-order valence-corrected chi connectivity index (χ3v) is 9.08. The fourth-order valence-electron chi connectivity index (χ4n) is 7.61. The summed E-state index contributed by atoms with van der Waals surface area (Å²) < 4.78 is 16.5. The Bertz CT molecular complexity index is 586. The van der Waals surface area contributed by atoms with E-state index < -0.39 is 11.1 Å². The number of fused-ring (bicyclic) bond motifs is 5. The van der Waals surface area contributed by atoms with Gasteiger partial charge in [-0.15, -0.1) is 0 Å². The van der Waals surface area contributed by atoms with E-state index in [4.69, 9.17) is 0 Å². The molecule has 4 rings (SSSR count). The summed E-state index contributed by atoms with van der Waals surface area (Å²) in [4.78, 5) is 24.1. The molecule has 0 saturated heterocycles. The zero-order chi connectivity index (χ0) is 17.3. The molecule has 7 atom stereocenters. The van der Waals surface area contributed by atoms with Crippen LogP contribution in [0.2, 0.25) is 0 Å². The molecule has 134 valence electrons. The van der Waals surface area contributed by atoms with Crippen LogP contribution in [0, 0.1) is 34.5 Å². The van der Waals surface area contributed by atoms with Crippen LogP contribution in [0.25, 0.3) is 0 Å². The lowest BCUT2D eigenvalue weighted by atomic mass is 9.44. The molecule has 0 unspecified atom stereocenters. The average Bonchev–Trinajstić information content (AvgIpc) is 2.80. The van der Waals surface area contributed by atoms with Crippen molar-refractivity contribution in [1.29, 1.82) is 0 Å². The van der Waals surface area contributed by atoms with Crippen molar-refractivity contribution in [2.75, 3.05) is 0 Å².